The van der Waals surface area contributed by atoms with E-state index in [4.69, 9.17) is 25.5 Å². The molecule has 1 amide bonds. The van der Waals surface area contributed by atoms with Crippen LogP contribution in [0.5, 0.6) is 5.75 Å². The van der Waals surface area contributed by atoms with Crippen LogP contribution in [0.25, 0.3) is 39.1 Å². The van der Waals surface area contributed by atoms with Crippen molar-refractivity contribution in [1.82, 2.24) is 18.9 Å². The van der Waals surface area contributed by atoms with E-state index in [9.17, 15) is 9.59 Å². The van der Waals surface area contributed by atoms with Gasteiger partial charge in [-0.2, -0.15) is 0 Å². The monoisotopic (exact) mass is 545 g/mol. The largest absolute Gasteiger partial charge is 0.511 e. The van der Waals surface area contributed by atoms with Crippen LogP contribution < -0.4 is 10.5 Å². The molecule has 0 unspecified atom stereocenters. The van der Waals surface area contributed by atoms with E-state index in [0.29, 0.717) is 23.4 Å². The number of para-hydroxylation sites is 1. The molecular weight excluding hydrogens is 518 g/mol. The van der Waals surface area contributed by atoms with Crippen LogP contribution in [0.1, 0.15) is 34.2 Å². The molecular formula is C32H27N5O4. The molecule has 3 aromatic heterocycles. The van der Waals surface area contributed by atoms with E-state index in [1.807, 2.05) is 47.0 Å². The molecule has 0 radical (unpaired) electrons. The molecule has 6 aromatic rings. The lowest BCUT2D eigenvalue weighted by atomic mass is 10.0. The van der Waals surface area contributed by atoms with E-state index < -0.39 is 12.1 Å². The van der Waals surface area contributed by atoms with Gasteiger partial charge in [-0.3, -0.25) is 4.79 Å². The van der Waals surface area contributed by atoms with Crippen molar-refractivity contribution < 1.29 is 19.4 Å². The fourth-order valence-electron chi connectivity index (χ4n) is 5.17. The number of ether oxygens (including phenoxy) is 1. The second-order valence-electron chi connectivity index (χ2n) is 9.86. The van der Waals surface area contributed by atoms with Crippen LogP contribution >= 0.6 is 0 Å². The molecule has 3 heterocycles. The Morgan fingerprint density at radius 1 is 0.951 bits per heavy atom. The highest BCUT2D eigenvalue weighted by Crippen LogP contribution is 2.32. The van der Waals surface area contributed by atoms with Gasteiger partial charge in [0.25, 0.3) is 0 Å². The Kier molecular flexibility index (Phi) is 6.47. The molecule has 0 aliphatic heterocycles. The predicted octanol–water partition coefficient (Wildman–Crippen LogP) is 6.09. The number of pyridine rings is 1. The molecule has 9 heteroatoms. The second kappa shape index (κ2) is 10.3. The molecule has 0 saturated heterocycles. The summed E-state index contributed by atoms with van der Waals surface area (Å²) in [5, 5.41) is 9.09. The normalized spacial score (nSPS) is 11.3. The highest BCUT2D eigenvalue weighted by atomic mass is 16.7. The number of amides is 1. The number of hydrogen-bond acceptors (Lipinski definition) is 5. The first-order valence-corrected chi connectivity index (χ1v) is 13.2. The topological polar surface area (TPSA) is 125 Å². The SMILES string of the molecule is CCc1nc2c(C)cc(-c3cn4cc(C(N)=O)ccc4n3)cc2n1Cc1ccc(-c2ccccc2OC(=O)O)cc1. The molecule has 0 bridgehead atoms. The number of carbonyl (C=O) groups is 2. The smallest absolute Gasteiger partial charge is 0.449 e. The zero-order valence-electron chi connectivity index (χ0n) is 22.5. The maximum atomic E-state index is 11.6. The van der Waals surface area contributed by atoms with E-state index in [1.54, 1.807) is 30.5 Å². The second-order valence-corrected chi connectivity index (χ2v) is 9.86. The zero-order valence-corrected chi connectivity index (χ0v) is 22.5. The van der Waals surface area contributed by atoms with Gasteiger partial charge in [-0.1, -0.05) is 49.4 Å². The Balaban J connectivity index is 1.37. The molecule has 0 fully saturated rings. The molecule has 3 aromatic carbocycles. The van der Waals surface area contributed by atoms with Gasteiger partial charge in [0.1, 0.15) is 17.2 Å². The average molecular weight is 546 g/mol. The van der Waals surface area contributed by atoms with Gasteiger partial charge in [0, 0.05) is 36.5 Å². The Morgan fingerprint density at radius 2 is 1.73 bits per heavy atom. The molecule has 0 saturated carbocycles. The van der Waals surface area contributed by atoms with Crippen LogP contribution in [0.3, 0.4) is 0 Å². The van der Waals surface area contributed by atoms with Gasteiger partial charge >= 0.3 is 6.16 Å². The van der Waals surface area contributed by atoms with Crippen LogP contribution in [0.2, 0.25) is 0 Å². The van der Waals surface area contributed by atoms with Crippen LogP contribution in [0.4, 0.5) is 4.79 Å². The first-order valence-electron chi connectivity index (χ1n) is 13.2. The summed E-state index contributed by atoms with van der Waals surface area (Å²) < 4.78 is 9.00. The van der Waals surface area contributed by atoms with Crippen LogP contribution in [-0.2, 0) is 13.0 Å². The highest BCUT2D eigenvalue weighted by molar-refractivity contribution is 5.93. The number of hydrogen-bond donors (Lipinski definition) is 2. The number of nitrogens with zero attached hydrogens (tertiary/aromatic N) is 4. The van der Waals surface area contributed by atoms with Gasteiger partial charge in [0.15, 0.2) is 0 Å². The number of primary amides is 1. The lowest BCUT2D eigenvalue weighted by Gasteiger charge is -2.12. The minimum atomic E-state index is -1.35. The summed E-state index contributed by atoms with van der Waals surface area (Å²) >= 11 is 0. The molecule has 3 N–H and O–H groups in total. The van der Waals surface area contributed by atoms with E-state index >= 15 is 0 Å². The Hall–Kier alpha value is -5.44. The zero-order chi connectivity index (χ0) is 28.7. The Labute approximate surface area is 235 Å². The van der Waals surface area contributed by atoms with E-state index in [1.165, 1.54) is 0 Å². The number of carbonyl (C=O) groups excluding carboxylic acids is 1. The third kappa shape index (κ3) is 4.89. The summed E-state index contributed by atoms with van der Waals surface area (Å²) in [7, 11) is 0. The van der Waals surface area contributed by atoms with E-state index in [2.05, 4.69) is 30.5 Å². The van der Waals surface area contributed by atoms with Crippen molar-refractivity contribution in [2.45, 2.75) is 26.8 Å². The summed E-state index contributed by atoms with van der Waals surface area (Å²) in [6, 6.07) is 22.7. The summed E-state index contributed by atoms with van der Waals surface area (Å²) in [5.41, 5.74) is 14.0. The molecule has 9 nitrogen and oxygen atoms in total. The number of benzene rings is 3. The first-order chi connectivity index (χ1) is 19.8. The number of rotatable bonds is 7. The number of aromatic nitrogens is 4. The standard InChI is InChI=1S/C32H27N5O4/c1-3-28-35-30-19(2)14-23(25-18-36-17-22(31(33)38)12-13-29(36)34-25)15-26(30)37(28)16-20-8-10-21(11-9-20)24-6-4-5-7-27(24)41-32(39)40/h4-15,17-18H,3,16H2,1-2H3,(H2,33,38)(H,39,40). The quantitative estimate of drug-likeness (QED) is 0.185. The summed E-state index contributed by atoms with van der Waals surface area (Å²) in [6.07, 6.45) is 3.01. The molecule has 0 spiro atoms. The molecule has 6 rings (SSSR count). The maximum Gasteiger partial charge on any atom is 0.511 e. The van der Waals surface area contributed by atoms with E-state index in [-0.39, 0.29) is 0 Å². The lowest BCUT2D eigenvalue weighted by Crippen LogP contribution is -2.11. The molecule has 0 aliphatic rings. The summed E-state index contributed by atoms with van der Waals surface area (Å²) in [5.74, 6) is 0.786. The minimum absolute atomic E-state index is 0.294. The van der Waals surface area contributed by atoms with Crippen molar-refractivity contribution in [2.75, 3.05) is 0 Å². The van der Waals surface area contributed by atoms with Gasteiger partial charge < -0.3 is 24.5 Å². The minimum Gasteiger partial charge on any atom is -0.449 e. The third-order valence-corrected chi connectivity index (χ3v) is 7.16. The van der Waals surface area contributed by atoms with Gasteiger partial charge in [0.2, 0.25) is 5.91 Å². The Morgan fingerprint density at radius 3 is 2.46 bits per heavy atom. The van der Waals surface area contributed by atoms with Crippen molar-refractivity contribution >= 4 is 28.7 Å². The molecule has 204 valence electrons. The van der Waals surface area contributed by atoms with Gasteiger partial charge in [0.05, 0.1) is 22.3 Å². The number of carboxylic acid groups (broad SMARTS) is 1. The maximum absolute atomic E-state index is 11.6. The number of nitrogens with two attached hydrogens (primary N) is 1. The van der Waals surface area contributed by atoms with Crippen molar-refractivity contribution in [2.24, 2.45) is 5.73 Å². The fourth-order valence-corrected chi connectivity index (χ4v) is 5.17. The van der Waals surface area contributed by atoms with E-state index in [0.717, 1.165) is 56.9 Å². The van der Waals surface area contributed by atoms with Gasteiger partial charge in [-0.05, 0) is 53.9 Å². The van der Waals surface area contributed by atoms with Crippen LogP contribution in [0, 0.1) is 6.92 Å². The highest BCUT2D eigenvalue weighted by Gasteiger charge is 2.16. The van der Waals surface area contributed by atoms with Crippen LogP contribution in [-0.4, -0.2) is 36.1 Å². The van der Waals surface area contributed by atoms with Gasteiger partial charge in [-0.25, -0.2) is 14.8 Å². The lowest BCUT2D eigenvalue weighted by molar-refractivity contribution is 0.0999. The molecule has 0 aliphatic carbocycles. The first kappa shape index (κ1) is 25.8. The van der Waals surface area contributed by atoms with Crippen molar-refractivity contribution in [3.63, 3.8) is 0 Å². The van der Waals surface area contributed by atoms with Gasteiger partial charge in [-0.15, -0.1) is 0 Å². The Bertz CT molecular complexity index is 1950. The third-order valence-electron chi connectivity index (χ3n) is 7.16. The van der Waals surface area contributed by atoms with Crippen molar-refractivity contribution in [3.05, 3.63) is 108 Å². The number of fused-ring (bicyclic) bond motifs is 2. The molecule has 0 atom stereocenters. The average Bonchev–Trinajstić information content (AvgIpc) is 3.55. The van der Waals surface area contributed by atoms with Crippen LogP contribution in [0.15, 0.2) is 85.2 Å². The fraction of sp³-hybridized carbons (Fsp3) is 0.125. The summed E-state index contributed by atoms with van der Waals surface area (Å²) in [4.78, 5) is 32.5. The van der Waals surface area contributed by atoms with Crippen molar-refractivity contribution in [1.29, 1.82) is 0 Å². The summed E-state index contributed by atoms with van der Waals surface area (Å²) in [6.45, 7) is 4.76. The van der Waals surface area contributed by atoms with Crippen molar-refractivity contribution in [3.8, 4) is 28.1 Å². The molecule has 41 heavy (non-hydrogen) atoms. The number of imidazole rings is 2. The predicted molar refractivity (Wildman–Crippen MR) is 156 cm³/mol. The number of aryl methyl sites for hydroxylation is 2.